The van der Waals surface area contributed by atoms with Gasteiger partial charge in [0, 0.05) is 34.2 Å². The molecule has 1 atom stereocenters. The second kappa shape index (κ2) is 8.85. The quantitative estimate of drug-likeness (QED) is 0.811. The molecule has 0 spiro atoms. The third-order valence-corrected chi connectivity index (χ3v) is 4.01. The summed E-state index contributed by atoms with van der Waals surface area (Å²) >= 11 is 0. The fourth-order valence-electron chi connectivity index (χ4n) is 2.19. The van der Waals surface area contributed by atoms with Gasteiger partial charge in [-0.25, -0.2) is 0 Å². The predicted molar refractivity (Wildman–Crippen MR) is 97.1 cm³/mol. The van der Waals surface area contributed by atoms with Crippen molar-refractivity contribution in [3.63, 3.8) is 0 Å². The van der Waals surface area contributed by atoms with Crippen LogP contribution in [0.3, 0.4) is 0 Å². The summed E-state index contributed by atoms with van der Waals surface area (Å²) in [6, 6.07) is 16.8. The largest absolute Gasteiger partial charge is 0.376 e. The number of amides is 1. The molecule has 6 heteroatoms. The Bertz CT molecular complexity index is 767. The van der Waals surface area contributed by atoms with Crippen LogP contribution < -0.4 is 10.6 Å². The third kappa shape index (κ3) is 5.86. The van der Waals surface area contributed by atoms with Crippen LogP contribution >= 0.6 is 0 Å². The number of nitrogens with zero attached hydrogens (tertiary/aromatic N) is 1. The number of anilines is 2. The molecule has 0 aromatic heterocycles. The molecule has 0 heterocycles. The van der Waals surface area contributed by atoms with Crippen molar-refractivity contribution in [2.75, 3.05) is 23.4 Å². The van der Waals surface area contributed by atoms with Crippen LogP contribution in [-0.4, -0.2) is 22.9 Å². The molecule has 0 aliphatic rings. The van der Waals surface area contributed by atoms with E-state index in [1.165, 1.54) is 0 Å². The van der Waals surface area contributed by atoms with Crippen LogP contribution in [0.15, 0.2) is 48.5 Å². The summed E-state index contributed by atoms with van der Waals surface area (Å²) in [5.74, 6) is 0.337. The van der Waals surface area contributed by atoms with Gasteiger partial charge in [0.05, 0.1) is 19.0 Å². The molecule has 0 aliphatic carbocycles. The average Bonchev–Trinajstić information content (AvgIpc) is 2.55. The van der Waals surface area contributed by atoms with Crippen LogP contribution in [0.4, 0.5) is 11.4 Å². The van der Waals surface area contributed by atoms with Gasteiger partial charge >= 0.3 is 0 Å². The normalized spacial score (nSPS) is 11.3. The van der Waals surface area contributed by atoms with E-state index >= 15 is 0 Å². The number of nitriles is 1. The summed E-state index contributed by atoms with van der Waals surface area (Å²) in [6.45, 7) is 0.138. The summed E-state index contributed by atoms with van der Waals surface area (Å²) in [7, 11) is -0.895. The maximum Gasteiger partial charge on any atom is 0.243 e. The molecule has 0 fully saturated rings. The smallest absolute Gasteiger partial charge is 0.243 e. The lowest BCUT2D eigenvalue weighted by Crippen LogP contribution is -2.21. The van der Waals surface area contributed by atoms with Crippen LogP contribution in [0.5, 0.6) is 0 Å². The number of hydrogen-bond acceptors (Lipinski definition) is 4. The topological polar surface area (TPSA) is 82.0 Å². The van der Waals surface area contributed by atoms with Crippen LogP contribution in [-0.2, 0) is 27.8 Å². The van der Waals surface area contributed by atoms with Gasteiger partial charge in [-0.3, -0.25) is 9.00 Å². The van der Waals surface area contributed by atoms with E-state index in [1.54, 1.807) is 18.4 Å². The maximum absolute atomic E-state index is 12.0. The minimum absolute atomic E-state index is 0.138. The van der Waals surface area contributed by atoms with Gasteiger partial charge in [0.1, 0.15) is 0 Å². The Morgan fingerprint density at radius 3 is 2.54 bits per heavy atom. The van der Waals surface area contributed by atoms with Gasteiger partial charge in [-0.2, -0.15) is 5.26 Å². The molecule has 24 heavy (non-hydrogen) atoms. The van der Waals surface area contributed by atoms with E-state index in [1.807, 2.05) is 36.4 Å². The van der Waals surface area contributed by atoms with Crippen LogP contribution in [0.2, 0.25) is 0 Å². The highest BCUT2D eigenvalue weighted by Gasteiger charge is 2.04. The van der Waals surface area contributed by atoms with E-state index in [0.717, 1.165) is 16.8 Å². The molecular formula is C18H19N3O2S. The molecule has 124 valence electrons. The molecule has 2 aromatic rings. The van der Waals surface area contributed by atoms with Crippen molar-refractivity contribution in [3.05, 3.63) is 59.7 Å². The first-order valence-corrected chi connectivity index (χ1v) is 9.18. The molecule has 0 aliphatic heterocycles. The number of nitrogens with one attached hydrogen (secondary N) is 2. The Hall–Kier alpha value is -2.65. The Kier molecular flexibility index (Phi) is 6.52. The molecular weight excluding hydrogens is 322 g/mol. The fraction of sp³-hybridized carbons (Fsp3) is 0.222. The summed E-state index contributed by atoms with van der Waals surface area (Å²) in [6.07, 6.45) is 2.02. The van der Waals surface area contributed by atoms with Crippen molar-refractivity contribution in [2.24, 2.45) is 0 Å². The SMILES string of the molecule is C[S@](=O)Cc1cccc(NCC(=O)Nc2ccc(CC#N)cc2)c1. The summed E-state index contributed by atoms with van der Waals surface area (Å²) in [5.41, 5.74) is 3.39. The van der Waals surface area contributed by atoms with Crippen LogP contribution in [0, 0.1) is 11.3 Å². The van der Waals surface area contributed by atoms with Crippen molar-refractivity contribution in [2.45, 2.75) is 12.2 Å². The third-order valence-electron chi connectivity index (χ3n) is 3.27. The first kappa shape index (κ1) is 17.7. The second-order valence-electron chi connectivity index (χ2n) is 5.35. The van der Waals surface area contributed by atoms with Gasteiger partial charge in [-0.05, 0) is 35.4 Å². The predicted octanol–water partition coefficient (Wildman–Crippen LogP) is 2.68. The maximum atomic E-state index is 12.0. The van der Waals surface area contributed by atoms with Crippen molar-refractivity contribution in [1.29, 1.82) is 5.26 Å². The zero-order chi connectivity index (χ0) is 17.4. The van der Waals surface area contributed by atoms with E-state index in [9.17, 15) is 9.00 Å². The van der Waals surface area contributed by atoms with Crippen LogP contribution in [0.25, 0.3) is 0 Å². The van der Waals surface area contributed by atoms with Gasteiger partial charge in [-0.1, -0.05) is 24.3 Å². The van der Waals surface area contributed by atoms with Gasteiger partial charge in [0.2, 0.25) is 5.91 Å². The zero-order valence-electron chi connectivity index (χ0n) is 13.4. The molecule has 0 saturated heterocycles. The molecule has 0 bridgehead atoms. The molecule has 0 radical (unpaired) electrons. The van der Waals surface area contributed by atoms with E-state index < -0.39 is 10.8 Å². The van der Waals surface area contributed by atoms with E-state index in [2.05, 4.69) is 16.7 Å². The summed E-state index contributed by atoms with van der Waals surface area (Å²) < 4.78 is 11.3. The van der Waals surface area contributed by atoms with Crippen molar-refractivity contribution >= 4 is 28.1 Å². The minimum Gasteiger partial charge on any atom is -0.376 e. The Morgan fingerprint density at radius 2 is 1.88 bits per heavy atom. The molecule has 2 rings (SSSR count). The lowest BCUT2D eigenvalue weighted by Gasteiger charge is -2.09. The number of carbonyl (C=O) groups excluding carboxylic acids is 1. The highest BCUT2D eigenvalue weighted by Crippen LogP contribution is 2.13. The van der Waals surface area contributed by atoms with Crippen LogP contribution in [0.1, 0.15) is 11.1 Å². The standard InChI is InChI=1S/C18H19N3O2S/c1-24(23)13-15-3-2-4-17(11-15)20-12-18(22)21-16-7-5-14(6-8-16)9-10-19/h2-8,11,20H,9,12-13H2,1H3,(H,21,22)/t24-/m0/s1. The lowest BCUT2D eigenvalue weighted by atomic mass is 10.1. The summed E-state index contributed by atoms with van der Waals surface area (Å²) in [5, 5.41) is 14.5. The second-order valence-corrected chi connectivity index (χ2v) is 6.79. The monoisotopic (exact) mass is 341 g/mol. The Morgan fingerprint density at radius 1 is 1.12 bits per heavy atom. The fourth-order valence-corrected chi connectivity index (χ4v) is 2.84. The highest BCUT2D eigenvalue weighted by atomic mass is 32.2. The van der Waals surface area contributed by atoms with Gasteiger partial charge in [0.25, 0.3) is 0 Å². The Balaban J connectivity index is 1.86. The first-order valence-electron chi connectivity index (χ1n) is 7.45. The average molecular weight is 341 g/mol. The van der Waals surface area contributed by atoms with E-state index in [-0.39, 0.29) is 12.5 Å². The molecule has 2 N–H and O–H groups in total. The number of rotatable bonds is 7. The van der Waals surface area contributed by atoms with E-state index in [0.29, 0.717) is 17.9 Å². The first-order chi connectivity index (χ1) is 11.6. The lowest BCUT2D eigenvalue weighted by molar-refractivity contribution is -0.114. The molecule has 0 unspecified atom stereocenters. The highest BCUT2D eigenvalue weighted by molar-refractivity contribution is 7.83. The zero-order valence-corrected chi connectivity index (χ0v) is 14.2. The number of carbonyl (C=O) groups is 1. The van der Waals surface area contributed by atoms with Gasteiger partial charge < -0.3 is 10.6 Å². The van der Waals surface area contributed by atoms with Crippen molar-refractivity contribution in [3.8, 4) is 6.07 Å². The molecule has 1 amide bonds. The molecule has 5 nitrogen and oxygen atoms in total. The van der Waals surface area contributed by atoms with Gasteiger partial charge in [-0.15, -0.1) is 0 Å². The molecule has 0 saturated carbocycles. The number of hydrogen-bond donors (Lipinski definition) is 2. The molecule has 2 aromatic carbocycles. The minimum atomic E-state index is -0.895. The summed E-state index contributed by atoms with van der Waals surface area (Å²) in [4.78, 5) is 12.0. The van der Waals surface area contributed by atoms with Gasteiger partial charge in [0.15, 0.2) is 0 Å². The Labute approximate surface area is 144 Å². The number of benzene rings is 2. The van der Waals surface area contributed by atoms with Crippen molar-refractivity contribution < 1.29 is 9.00 Å². The van der Waals surface area contributed by atoms with E-state index in [4.69, 9.17) is 5.26 Å². The van der Waals surface area contributed by atoms with Crippen molar-refractivity contribution in [1.82, 2.24) is 0 Å².